The molecule has 0 saturated carbocycles. The first-order chi connectivity index (χ1) is 30.0. The molecule has 0 aromatic heterocycles. The van der Waals surface area contributed by atoms with E-state index >= 15 is 0 Å². The minimum Gasteiger partial charge on any atom is -0.462 e. The van der Waals surface area contributed by atoms with Crippen LogP contribution in [-0.4, -0.2) is 37.2 Å². The van der Waals surface area contributed by atoms with E-state index in [-0.39, 0.29) is 37.5 Å². The minimum absolute atomic E-state index is 0.111. The van der Waals surface area contributed by atoms with Gasteiger partial charge in [0.2, 0.25) is 0 Å². The Kier molecular flexibility index (Phi) is 45.1. The molecule has 0 bridgehead atoms. The van der Waals surface area contributed by atoms with Crippen LogP contribution in [-0.2, 0) is 28.6 Å². The number of carbonyl (C=O) groups excluding carboxylic acids is 3. The van der Waals surface area contributed by atoms with Gasteiger partial charge in [0.25, 0.3) is 0 Å². The van der Waals surface area contributed by atoms with E-state index in [1.165, 1.54) is 0 Å². The number of unbranched alkanes of at least 4 members (excludes halogenated alkanes) is 13. The first-order valence-electron chi connectivity index (χ1n) is 24.1. The largest absolute Gasteiger partial charge is 0.462 e. The van der Waals surface area contributed by atoms with Crippen LogP contribution in [0.4, 0.5) is 0 Å². The lowest BCUT2D eigenvalue weighted by Crippen LogP contribution is -2.30. The molecule has 1 unspecified atom stereocenters. The summed E-state index contributed by atoms with van der Waals surface area (Å²) in [6.07, 6.45) is 66.0. The second kappa shape index (κ2) is 48.5. The fourth-order valence-electron chi connectivity index (χ4n) is 6.01. The zero-order chi connectivity index (χ0) is 44.4. The summed E-state index contributed by atoms with van der Waals surface area (Å²) in [4.78, 5) is 37.9. The van der Waals surface area contributed by atoms with Crippen molar-refractivity contribution in [2.75, 3.05) is 13.2 Å². The van der Waals surface area contributed by atoms with Gasteiger partial charge < -0.3 is 14.2 Å². The van der Waals surface area contributed by atoms with E-state index in [1.807, 2.05) is 24.3 Å². The first kappa shape index (κ1) is 56.8. The van der Waals surface area contributed by atoms with E-state index in [9.17, 15) is 14.4 Å². The van der Waals surface area contributed by atoms with Crippen molar-refractivity contribution in [2.45, 2.75) is 194 Å². The molecule has 0 saturated heterocycles. The molecule has 6 nitrogen and oxygen atoms in total. The molecule has 342 valence electrons. The van der Waals surface area contributed by atoms with Gasteiger partial charge in [0.05, 0.1) is 0 Å². The summed E-state index contributed by atoms with van der Waals surface area (Å²) in [5, 5.41) is 0. The molecule has 0 aliphatic rings. The SMILES string of the molecule is CC\C=C/C=C\C=C/C=C\CCCCCCCC(=O)OCC(COC(=O)CCCCCC/C=C\C/C=C\C/C=C\CC)OC(=O)CCCCCC/C=C\C/C=C\C/C=C\CC. The Hall–Kier alpha value is -4.19. The van der Waals surface area contributed by atoms with Gasteiger partial charge in [-0.25, -0.2) is 0 Å². The monoisotopic (exact) mass is 843 g/mol. The van der Waals surface area contributed by atoms with E-state index in [1.54, 1.807) is 0 Å². The van der Waals surface area contributed by atoms with Crippen LogP contribution in [0.2, 0.25) is 0 Å². The molecule has 0 aliphatic heterocycles. The van der Waals surface area contributed by atoms with Crippen LogP contribution in [0.15, 0.2) is 122 Å². The number of rotatable bonds is 41. The van der Waals surface area contributed by atoms with E-state index in [2.05, 4.69) is 118 Å². The van der Waals surface area contributed by atoms with Crippen LogP contribution in [0.5, 0.6) is 0 Å². The zero-order valence-electron chi connectivity index (χ0n) is 38.9. The average molecular weight is 843 g/mol. The molecule has 0 amide bonds. The highest BCUT2D eigenvalue weighted by Gasteiger charge is 2.19. The fraction of sp³-hybridized carbons (Fsp3) is 0.582. The predicted octanol–water partition coefficient (Wildman–Crippen LogP) is 15.7. The third kappa shape index (κ3) is 46.7. The summed E-state index contributed by atoms with van der Waals surface area (Å²) < 4.78 is 16.7. The van der Waals surface area contributed by atoms with Crippen molar-refractivity contribution in [3.8, 4) is 0 Å². The molecular weight excluding hydrogens is 757 g/mol. The third-order valence-electron chi connectivity index (χ3n) is 9.54. The molecule has 0 rings (SSSR count). The molecule has 0 N–H and O–H groups in total. The van der Waals surface area contributed by atoms with Gasteiger partial charge in [-0.05, 0) is 103 Å². The number of esters is 3. The van der Waals surface area contributed by atoms with Crippen molar-refractivity contribution in [2.24, 2.45) is 0 Å². The standard InChI is InChI=1S/C55H86O6/c1-4-7-10-13-16-19-22-25-28-31-33-36-39-42-45-48-54(57)60-51-52(61-55(58)49-46-43-40-37-34-30-27-24-21-18-15-12-9-6-3)50-59-53(56)47-44-41-38-35-32-29-26-23-20-17-14-11-8-5-2/h7-13,16-22,25-30,52H,4-6,14-15,23-24,31-51H2,1-3H3/b10-7-,11-8-,12-9-,16-13-,20-17-,21-18-,22-19-,28-25-,29-26-,30-27-. The Bertz CT molecular complexity index is 1340. The van der Waals surface area contributed by atoms with Crippen molar-refractivity contribution < 1.29 is 28.6 Å². The van der Waals surface area contributed by atoms with Gasteiger partial charge in [-0.3, -0.25) is 14.4 Å². The lowest BCUT2D eigenvalue weighted by Gasteiger charge is -2.18. The Morgan fingerprint density at radius 2 is 0.672 bits per heavy atom. The Labute approximate surface area is 373 Å². The Morgan fingerprint density at radius 1 is 0.344 bits per heavy atom. The number of hydrogen-bond donors (Lipinski definition) is 0. The second-order valence-corrected chi connectivity index (χ2v) is 15.3. The summed E-state index contributed by atoms with van der Waals surface area (Å²) in [6, 6.07) is 0. The summed E-state index contributed by atoms with van der Waals surface area (Å²) in [7, 11) is 0. The maximum Gasteiger partial charge on any atom is 0.306 e. The summed E-state index contributed by atoms with van der Waals surface area (Å²) in [5.41, 5.74) is 0. The lowest BCUT2D eigenvalue weighted by atomic mass is 10.1. The average Bonchev–Trinajstić information content (AvgIpc) is 3.26. The van der Waals surface area contributed by atoms with Gasteiger partial charge in [0.15, 0.2) is 6.10 Å². The van der Waals surface area contributed by atoms with E-state index in [0.29, 0.717) is 12.8 Å². The van der Waals surface area contributed by atoms with Gasteiger partial charge in [0, 0.05) is 19.3 Å². The Morgan fingerprint density at radius 3 is 1.11 bits per heavy atom. The molecular formula is C55H86O6. The zero-order valence-corrected chi connectivity index (χ0v) is 38.9. The highest BCUT2D eigenvalue weighted by molar-refractivity contribution is 5.71. The van der Waals surface area contributed by atoms with Crippen LogP contribution in [0.3, 0.4) is 0 Å². The maximum atomic E-state index is 12.8. The molecule has 0 aromatic carbocycles. The molecule has 61 heavy (non-hydrogen) atoms. The summed E-state index contributed by atoms with van der Waals surface area (Å²) in [5.74, 6) is -0.988. The smallest absolute Gasteiger partial charge is 0.306 e. The fourth-order valence-corrected chi connectivity index (χ4v) is 6.01. The first-order valence-corrected chi connectivity index (χ1v) is 24.1. The number of carbonyl (C=O) groups is 3. The summed E-state index contributed by atoms with van der Waals surface area (Å²) >= 11 is 0. The van der Waals surface area contributed by atoms with Crippen LogP contribution in [0.25, 0.3) is 0 Å². The number of hydrogen-bond acceptors (Lipinski definition) is 6. The molecule has 6 heteroatoms. The van der Waals surface area contributed by atoms with Gasteiger partial charge >= 0.3 is 17.9 Å². The van der Waals surface area contributed by atoms with Gasteiger partial charge in [-0.1, -0.05) is 187 Å². The molecule has 0 fully saturated rings. The molecule has 0 heterocycles. The van der Waals surface area contributed by atoms with Crippen molar-refractivity contribution in [1.82, 2.24) is 0 Å². The minimum atomic E-state index is -0.812. The normalized spacial score (nSPS) is 13.2. The Balaban J connectivity index is 4.53. The topological polar surface area (TPSA) is 78.9 Å². The molecule has 0 aromatic rings. The molecule has 0 radical (unpaired) electrons. The van der Waals surface area contributed by atoms with Crippen molar-refractivity contribution in [3.05, 3.63) is 122 Å². The van der Waals surface area contributed by atoms with Gasteiger partial charge in [-0.2, -0.15) is 0 Å². The maximum absolute atomic E-state index is 12.8. The summed E-state index contributed by atoms with van der Waals surface area (Å²) in [6.45, 7) is 6.18. The molecule has 0 spiro atoms. The lowest BCUT2D eigenvalue weighted by molar-refractivity contribution is -0.167. The number of allylic oxidation sites excluding steroid dienone is 20. The van der Waals surface area contributed by atoms with Gasteiger partial charge in [-0.15, -0.1) is 0 Å². The van der Waals surface area contributed by atoms with Crippen molar-refractivity contribution in [3.63, 3.8) is 0 Å². The van der Waals surface area contributed by atoms with Crippen molar-refractivity contribution >= 4 is 17.9 Å². The van der Waals surface area contributed by atoms with E-state index in [4.69, 9.17) is 14.2 Å². The van der Waals surface area contributed by atoms with Crippen LogP contribution >= 0.6 is 0 Å². The van der Waals surface area contributed by atoms with Crippen molar-refractivity contribution in [1.29, 1.82) is 0 Å². The molecule has 1 atom stereocenters. The van der Waals surface area contributed by atoms with E-state index < -0.39 is 6.10 Å². The second-order valence-electron chi connectivity index (χ2n) is 15.3. The quantitative estimate of drug-likeness (QED) is 0.0201. The van der Waals surface area contributed by atoms with Crippen LogP contribution in [0, 0.1) is 0 Å². The van der Waals surface area contributed by atoms with Crippen LogP contribution < -0.4 is 0 Å². The highest BCUT2D eigenvalue weighted by atomic mass is 16.6. The predicted molar refractivity (Wildman–Crippen MR) is 260 cm³/mol. The van der Waals surface area contributed by atoms with E-state index in [0.717, 1.165) is 148 Å². The number of ether oxygens (including phenoxy) is 3. The highest BCUT2D eigenvalue weighted by Crippen LogP contribution is 2.12. The molecule has 0 aliphatic carbocycles. The third-order valence-corrected chi connectivity index (χ3v) is 9.54. The van der Waals surface area contributed by atoms with Gasteiger partial charge in [0.1, 0.15) is 13.2 Å². The van der Waals surface area contributed by atoms with Crippen LogP contribution in [0.1, 0.15) is 188 Å².